The molecule has 2 aromatic rings. The molecule has 1 heterocycles. The summed E-state index contributed by atoms with van der Waals surface area (Å²) in [6.07, 6.45) is 1.47. The minimum Gasteiger partial charge on any atom is -0.313 e. The van der Waals surface area contributed by atoms with E-state index in [1.165, 1.54) is 18.3 Å². The molecule has 0 unspecified atom stereocenters. The lowest BCUT2D eigenvalue weighted by Crippen LogP contribution is -2.18. The van der Waals surface area contributed by atoms with E-state index in [-0.39, 0.29) is 15.7 Å². The van der Waals surface area contributed by atoms with Crippen molar-refractivity contribution in [1.29, 1.82) is 0 Å². The molecule has 0 aliphatic carbocycles. The Labute approximate surface area is 132 Å². The van der Waals surface area contributed by atoms with Crippen molar-refractivity contribution < 1.29 is 8.42 Å². The third kappa shape index (κ3) is 3.88. The summed E-state index contributed by atoms with van der Waals surface area (Å²) in [5.74, 6) is 0. The first-order valence-electron chi connectivity index (χ1n) is 6.15. The van der Waals surface area contributed by atoms with E-state index in [2.05, 4.69) is 20.2 Å². The van der Waals surface area contributed by atoms with Crippen molar-refractivity contribution in [2.45, 2.75) is 18.5 Å². The second kappa shape index (κ2) is 6.65. The molecule has 1 aromatic carbocycles. The van der Waals surface area contributed by atoms with Gasteiger partial charge < -0.3 is 5.32 Å². The molecule has 9 heteroatoms. The van der Waals surface area contributed by atoms with Crippen LogP contribution in [-0.2, 0) is 16.6 Å². The van der Waals surface area contributed by atoms with Crippen molar-refractivity contribution in [1.82, 2.24) is 15.5 Å². The van der Waals surface area contributed by atoms with Crippen LogP contribution < -0.4 is 10.0 Å². The lowest BCUT2D eigenvalue weighted by atomic mass is 10.3. The van der Waals surface area contributed by atoms with Gasteiger partial charge in [-0.15, -0.1) is 0 Å². The van der Waals surface area contributed by atoms with Gasteiger partial charge in [-0.3, -0.25) is 9.82 Å². The smallest absolute Gasteiger partial charge is 0.279 e. The summed E-state index contributed by atoms with van der Waals surface area (Å²) in [4.78, 5) is 0. The summed E-state index contributed by atoms with van der Waals surface area (Å²) in [5.41, 5.74) is 0.805. The lowest BCUT2D eigenvalue weighted by molar-refractivity contribution is 0.594. The summed E-state index contributed by atoms with van der Waals surface area (Å²) in [6.45, 7) is 3.05. The van der Waals surface area contributed by atoms with Crippen molar-refractivity contribution in [2.75, 3.05) is 11.3 Å². The molecule has 0 saturated heterocycles. The Hall–Kier alpha value is -1.28. The molecule has 114 valence electrons. The fourth-order valence-corrected chi connectivity index (χ4v) is 3.41. The SMILES string of the molecule is CCNCc1cn[nH]c1S(=O)(=O)Nc1ccc(Cl)cc1Cl. The van der Waals surface area contributed by atoms with Gasteiger partial charge in [-0.1, -0.05) is 30.1 Å². The molecule has 2 rings (SSSR count). The molecule has 0 saturated carbocycles. The quantitative estimate of drug-likeness (QED) is 0.748. The van der Waals surface area contributed by atoms with E-state index in [1.54, 1.807) is 6.07 Å². The number of nitrogens with one attached hydrogen (secondary N) is 3. The minimum absolute atomic E-state index is 0.00877. The summed E-state index contributed by atoms with van der Waals surface area (Å²) >= 11 is 11.8. The molecule has 1 aromatic heterocycles. The highest BCUT2D eigenvalue weighted by atomic mass is 35.5. The topological polar surface area (TPSA) is 86.9 Å². The normalized spacial score (nSPS) is 11.6. The van der Waals surface area contributed by atoms with Crippen molar-refractivity contribution in [2.24, 2.45) is 0 Å². The molecule has 0 fully saturated rings. The number of halogens is 2. The second-order valence-electron chi connectivity index (χ2n) is 4.23. The van der Waals surface area contributed by atoms with E-state index in [4.69, 9.17) is 23.2 Å². The van der Waals surface area contributed by atoms with Crippen molar-refractivity contribution in [3.63, 3.8) is 0 Å². The number of sulfonamides is 1. The first-order valence-corrected chi connectivity index (χ1v) is 8.38. The van der Waals surface area contributed by atoms with Crippen LogP contribution in [0.4, 0.5) is 5.69 Å². The van der Waals surface area contributed by atoms with Crippen LogP contribution >= 0.6 is 23.2 Å². The predicted octanol–water partition coefficient (Wildman–Crippen LogP) is 2.63. The van der Waals surface area contributed by atoms with Crippen LogP contribution in [0.5, 0.6) is 0 Å². The molecular formula is C12H14Cl2N4O2S. The van der Waals surface area contributed by atoms with Gasteiger partial charge in [-0.2, -0.15) is 13.5 Å². The molecule has 0 amide bonds. The zero-order valence-electron chi connectivity index (χ0n) is 11.2. The van der Waals surface area contributed by atoms with Crippen molar-refractivity contribution >= 4 is 38.9 Å². The molecule has 0 aliphatic heterocycles. The van der Waals surface area contributed by atoms with Gasteiger partial charge in [0.2, 0.25) is 0 Å². The average molecular weight is 349 g/mol. The fourth-order valence-electron chi connectivity index (χ4n) is 1.69. The lowest BCUT2D eigenvalue weighted by Gasteiger charge is -2.10. The molecule has 6 nitrogen and oxygen atoms in total. The number of nitrogens with zero attached hydrogens (tertiary/aromatic N) is 1. The Bertz CT molecular complexity index is 731. The molecular weight excluding hydrogens is 335 g/mol. The van der Waals surface area contributed by atoms with Crippen molar-refractivity contribution in [3.8, 4) is 0 Å². The second-order valence-corrected chi connectivity index (χ2v) is 6.70. The van der Waals surface area contributed by atoms with Gasteiger partial charge in [0.25, 0.3) is 10.0 Å². The number of H-pyrrole nitrogens is 1. The van der Waals surface area contributed by atoms with Crippen LogP contribution in [0.25, 0.3) is 0 Å². The molecule has 0 aliphatic rings. The van der Waals surface area contributed by atoms with E-state index in [9.17, 15) is 8.42 Å². The van der Waals surface area contributed by atoms with Gasteiger partial charge >= 0.3 is 0 Å². The summed E-state index contributed by atoms with van der Waals surface area (Å²) in [7, 11) is -3.80. The third-order valence-corrected chi connectivity index (χ3v) is 4.62. The Kier molecular flexibility index (Phi) is 5.10. The van der Waals surface area contributed by atoms with Crippen LogP contribution in [0.2, 0.25) is 10.0 Å². The van der Waals surface area contributed by atoms with Gasteiger partial charge in [0.1, 0.15) is 0 Å². The monoisotopic (exact) mass is 348 g/mol. The first-order chi connectivity index (χ1) is 9.94. The Morgan fingerprint density at radius 1 is 1.33 bits per heavy atom. The predicted molar refractivity (Wildman–Crippen MR) is 83.2 cm³/mol. The number of hydrogen-bond acceptors (Lipinski definition) is 4. The molecule has 0 atom stereocenters. The molecule has 0 spiro atoms. The number of rotatable bonds is 6. The van der Waals surface area contributed by atoms with Gasteiger partial charge in [0, 0.05) is 17.1 Å². The zero-order chi connectivity index (χ0) is 15.5. The van der Waals surface area contributed by atoms with E-state index in [0.717, 1.165) is 6.54 Å². The van der Waals surface area contributed by atoms with Gasteiger partial charge in [-0.05, 0) is 24.7 Å². The van der Waals surface area contributed by atoms with Crippen molar-refractivity contribution in [3.05, 3.63) is 40.0 Å². The van der Waals surface area contributed by atoms with Crippen LogP contribution in [0.3, 0.4) is 0 Å². The number of hydrogen-bond donors (Lipinski definition) is 3. The number of aromatic amines is 1. The van der Waals surface area contributed by atoms with E-state index >= 15 is 0 Å². The molecule has 3 N–H and O–H groups in total. The maximum atomic E-state index is 12.4. The largest absolute Gasteiger partial charge is 0.313 e. The fraction of sp³-hybridized carbons (Fsp3) is 0.250. The highest BCUT2D eigenvalue weighted by molar-refractivity contribution is 7.92. The van der Waals surface area contributed by atoms with Crippen LogP contribution in [0.15, 0.2) is 29.4 Å². The Morgan fingerprint density at radius 3 is 2.76 bits per heavy atom. The number of aromatic nitrogens is 2. The highest BCUT2D eigenvalue weighted by Gasteiger charge is 2.21. The average Bonchev–Trinajstić information content (AvgIpc) is 2.89. The Morgan fingerprint density at radius 2 is 2.10 bits per heavy atom. The van der Waals surface area contributed by atoms with E-state index in [1.807, 2.05) is 6.92 Å². The summed E-state index contributed by atoms with van der Waals surface area (Å²) in [5, 5.41) is 9.99. The maximum Gasteiger partial charge on any atom is 0.279 e. The number of benzene rings is 1. The molecule has 21 heavy (non-hydrogen) atoms. The maximum absolute atomic E-state index is 12.4. The van der Waals surface area contributed by atoms with Crippen LogP contribution in [0.1, 0.15) is 12.5 Å². The minimum atomic E-state index is -3.80. The van der Waals surface area contributed by atoms with Crippen LogP contribution in [-0.4, -0.2) is 25.2 Å². The molecule has 0 radical (unpaired) electrons. The van der Waals surface area contributed by atoms with Gasteiger partial charge in [0.15, 0.2) is 5.03 Å². The third-order valence-electron chi connectivity index (χ3n) is 2.69. The van der Waals surface area contributed by atoms with Gasteiger partial charge in [0.05, 0.1) is 16.9 Å². The van der Waals surface area contributed by atoms with E-state index < -0.39 is 10.0 Å². The highest BCUT2D eigenvalue weighted by Crippen LogP contribution is 2.27. The zero-order valence-corrected chi connectivity index (χ0v) is 13.5. The summed E-state index contributed by atoms with van der Waals surface area (Å²) in [6, 6.07) is 4.52. The standard InChI is InChI=1S/C12H14Cl2N4O2S/c1-2-15-6-8-7-16-17-12(8)21(19,20)18-11-4-3-9(13)5-10(11)14/h3-5,7,15,18H,2,6H2,1H3,(H,16,17). The van der Waals surface area contributed by atoms with Gasteiger partial charge in [-0.25, -0.2) is 0 Å². The van der Waals surface area contributed by atoms with E-state index in [0.29, 0.717) is 17.1 Å². The Balaban J connectivity index is 2.28. The molecule has 0 bridgehead atoms. The van der Waals surface area contributed by atoms with Crippen LogP contribution in [0, 0.1) is 0 Å². The summed E-state index contributed by atoms with van der Waals surface area (Å²) < 4.78 is 27.2. The first kappa shape index (κ1) is 16.1. The number of anilines is 1.